The highest BCUT2D eigenvalue weighted by molar-refractivity contribution is 6.16. The molecule has 0 spiro atoms. The van der Waals surface area contributed by atoms with Gasteiger partial charge < -0.3 is 18.9 Å². The summed E-state index contributed by atoms with van der Waals surface area (Å²) < 4.78 is 22.1. The summed E-state index contributed by atoms with van der Waals surface area (Å²) in [7, 11) is 0. The highest BCUT2D eigenvalue weighted by Gasteiger charge is 2.33. The highest BCUT2D eigenvalue weighted by atomic mass is 16.6. The first-order valence-electron chi connectivity index (χ1n) is 24.2. The Balaban J connectivity index is 0.883. The summed E-state index contributed by atoms with van der Waals surface area (Å²) in [6.07, 6.45) is 0. The zero-order valence-electron chi connectivity index (χ0n) is 40.0. The number of fused-ring (bicyclic) bond motifs is 2. The van der Waals surface area contributed by atoms with E-state index in [0.29, 0.717) is 33.8 Å². The number of esters is 6. The van der Waals surface area contributed by atoms with Crippen LogP contribution in [-0.2, 0) is 9.47 Å². The number of hydrogen-bond acceptors (Lipinski definition) is 10. The molecule has 0 saturated carbocycles. The summed E-state index contributed by atoms with van der Waals surface area (Å²) in [5, 5.41) is 0. The number of ether oxygens (including phenoxy) is 4. The first-order chi connectivity index (χ1) is 37.1. The van der Waals surface area contributed by atoms with Crippen LogP contribution in [0.2, 0.25) is 0 Å². The zero-order valence-corrected chi connectivity index (χ0v) is 40.0. The van der Waals surface area contributed by atoms with Crippen LogP contribution in [0.4, 0.5) is 0 Å². The van der Waals surface area contributed by atoms with E-state index in [1.165, 1.54) is 36.4 Å². The highest BCUT2D eigenvalue weighted by Crippen LogP contribution is 2.46. The average molecular weight is 991 g/mol. The molecule has 0 unspecified atom stereocenters. The van der Waals surface area contributed by atoms with Crippen molar-refractivity contribution in [2.75, 3.05) is 0 Å². The van der Waals surface area contributed by atoms with E-state index in [1.54, 1.807) is 0 Å². The number of carbonyl (C=O) groups is 6. The van der Waals surface area contributed by atoms with Gasteiger partial charge in [-0.2, -0.15) is 0 Å². The second kappa shape index (κ2) is 19.4. The first-order valence-corrected chi connectivity index (χ1v) is 24.2. The van der Waals surface area contributed by atoms with E-state index >= 15 is 0 Å². The summed E-state index contributed by atoms with van der Waals surface area (Å²) >= 11 is 0. The first kappa shape index (κ1) is 46.5. The fraction of sp³-hybridized carbons (Fsp3) is 0. The molecule has 0 bridgehead atoms. The quantitative estimate of drug-likeness (QED) is 0.0699. The molecule has 0 saturated heterocycles. The lowest BCUT2D eigenvalue weighted by Gasteiger charge is -2.19. The Hall–Kier alpha value is -10.6. The lowest BCUT2D eigenvalue weighted by atomic mass is 9.90. The van der Waals surface area contributed by atoms with E-state index in [9.17, 15) is 28.8 Å². The van der Waals surface area contributed by atoms with Crippen molar-refractivity contribution < 1.29 is 47.7 Å². The molecule has 2 aliphatic heterocycles. The summed E-state index contributed by atoms with van der Waals surface area (Å²) in [6.45, 7) is 0. The fourth-order valence-corrected chi connectivity index (χ4v) is 9.58. The van der Waals surface area contributed by atoms with Gasteiger partial charge in [0.25, 0.3) is 0 Å². The van der Waals surface area contributed by atoms with Crippen LogP contribution in [0.3, 0.4) is 0 Å². The molecule has 362 valence electrons. The molecule has 0 amide bonds. The van der Waals surface area contributed by atoms with E-state index in [4.69, 9.17) is 18.9 Å². The second-order valence-corrected chi connectivity index (χ2v) is 18.1. The van der Waals surface area contributed by atoms with E-state index < -0.39 is 35.8 Å². The van der Waals surface area contributed by atoms with Gasteiger partial charge in [0.15, 0.2) is 0 Å². The lowest BCUT2D eigenvalue weighted by molar-refractivity contribution is 0.0425. The molecule has 2 heterocycles. The normalized spacial score (nSPS) is 12.4. The molecule has 0 aliphatic carbocycles. The standard InChI is InChI=1S/C66H38O10/c67-61(47-29-31-51-57(33-47)65(71)75-63(51)69)73-59-53(43-13-5-1-6-14-43)35-49(36-54(59)44-15-7-2-8-16-44)41-25-21-39(22-26-41)40-23-27-42(28-24-40)50-37-55(45-17-9-3-10-18-45)60(56(38-50)46-19-11-4-12-20-46)74-62(68)48-30-32-52-58(34-48)66(72)76-64(52)70/h1-38H. The Morgan fingerprint density at radius 1 is 0.250 bits per heavy atom. The monoisotopic (exact) mass is 990 g/mol. The lowest BCUT2D eigenvalue weighted by Crippen LogP contribution is -2.11. The van der Waals surface area contributed by atoms with Crippen LogP contribution in [0.25, 0.3) is 77.9 Å². The van der Waals surface area contributed by atoms with Crippen LogP contribution in [0.5, 0.6) is 11.5 Å². The Bertz CT molecular complexity index is 3620. The Morgan fingerprint density at radius 3 is 0.803 bits per heavy atom. The Kier molecular flexibility index (Phi) is 11.9. The minimum Gasteiger partial charge on any atom is -0.422 e. The van der Waals surface area contributed by atoms with Crippen molar-refractivity contribution in [3.8, 4) is 89.4 Å². The van der Waals surface area contributed by atoms with Crippen LogP contribution in [0.15, 0.2) is 231 Å². The number of carbonyl (C=O) groups excluding carboxylic acids is 6. The molecule has 10 heteroatoms. The zero-order chi connectivity index (χ0) is 51.9. The SMILES string of the molecule is O=C(Oc1c(-c2ccccc2)cc(-c2ccc(-c3ccc(-c4cc(-c5ccccc5)c(OC(=O)c5ccc6c(c5)C(=O)OC6=O)c(-c5ccccc5)c4)cc3)cc2)cc1-c1ccccc1)c1ccc2c(c1)C(=O)OC2=O. The van der Waals surface area contributed by atoms with Gasteiger partial charge in [-0.15, -0.1) is 0 Å². The number of benzene rings is 10. The Morgan fingerprint density at radius 2 is 0.513 bits per heavy atom. The molecule has 0 radical (unpaired) electrons. The van der Waals surface area contributed by atoms with Gasteiger partial charge in [0.2, 0.25) is 0 Å². The van der Waals surface area contributed by atoms with Gasteiger partial charge in [0.05, 0.1) is 33.4 Å². The van der Waals surface area contributed by atoms with Gasteiger partial charge in [-0.25, -0.2) is 28.8 Å². The molecular weight excluding hydrogens is 953 g/mol. The van der Waals surface area contributed by atoms with Crippen molar-refractivity contribution in [2.45, 2.75) is 0 Å². The third kappa shape index (κ3) is 8.82. The molecule has 0 aromatic heterocycles. The minimum atomic E-state index is -0.815. The van der Waals surface area contributed by atoms with Crippen LogP contribution in [0, 0.1) is 0 Å². The molecule has 0 fully saturated rings. The van der Waals surface area contributed by atoms with Gasteiger partial charge in [-0.3, -0.25) is 0 Å². The molecule has 0 atom stereocenters. The summed E-state index contributed by atoms with van der Waals surface area (Å²) in [5.41, 5.74) is 11.9. The molecule has 10 aromatic rings. The third-order valence-electron chi connectivity index (χ3n) is 13.4. The van der Waals surface area contributed by atoms with Crippen LogP contribution < -0.4 is 9.47 Å². The van der Waals surface area contributed by atoms with E-state index in [0.717, 1.165) is 55.6 Å². The van der Waals surface area contributed by atoms with E-state index in [2.05, 4.69) is 48.5 Å². The summed E-state index contributed by atoms with van der Waals surface area (Å²) in [6, 6.07) is 71.5. The molecule has 76 heavy (non-hydrogen) atoms. The predicted octanol–water partition coefficient (Wildman–Crippen LogP) is 14.4. The molecule has 12 rings (SSSR count). The third-order valence-corrected chi connectivity index (χ3v) is 13.4. The van der Waals surface area contributed by atoms with Gasteiger partial charge in [-0.1, -0.05) is 170 Å². The second-order valence-electron chi connectivity index (χ2n) is 18.1. The van der Waals surface area contributed by atoms with Crippen molar-refractivity contribution in [2.24, 2.45) is 0 Å². The van der Waals surface area contributed by atoms with Crippen LogP contribution >= 0.6 is 0 Å². The number of hydrogen-bond donors (Lipinski definition) is 0. The molecule has 10 aromatic carbocycles. The maximum absolute atomic E-state index is 14.0. The van der Waals surface area contributed by atoms with Crippen molar-refractivity contribution in [3.63, 3.8) is 0 Å². The number of rotatable bonds is 11. The van der Waals surface area contributed by atoms with Gasteiger partial charge in [-0.05, 0) is 116 Å². The average Bonchev–Trinajstić information content (AvgIpc) is 3.97. The van der Waals surface area contributed by atoms with E-state index in [-0.39, 0.29) is 33.4 Å². The smallest absolute Gasteiger partial charge is 0.346 e. The maximum Gasteiger partial charge on any atom is 0.346 e. The van der Waals surface area contributed by atoms with Crippen molar-refractivity contribution >= 4 is 35.8 Å². The summed E-state index contributed by atoms with van der Waals surface area (Å²) in [4.78, 5) is 77.1. The van der Waals surface area contributed by atoms with Crippen LogP contribution in [0.1, 0.15) is 62.1 Å². The Labute approximate surface area is 435 Å². The van der Waals surface area contributed by atoms with Crippen molar-refractivity contribution in [3.05, 3.63) is 264 Å². The van der Waals surface area contributed by atoms with Gasteiger partial charge in [0.1, 0.15) is 11.5 Å². The van der Waals surface area contributed by atoms with Crippen LogP contribution in [-0.4, -0.2) is 35.8 Å². The topological polar surface area (TPSA) is 139 Å². The van der Waals surface area contributed by atoms with E-state index in [1.807, 2.05) is 146 Å². The number of cyclic esters (lactones) is 4. The van der Waals surface area contributed by atoms with Gasteiger partial charge in [0, 0.05) is 22.3 Å². The molecule has 10 nitrogen and oxygen atoms in total. The summed E-state index contributed by atoms with van der Waals surface area (Å²) in [5.74, 6) is -3.90. The largest absolute Gasteiger partial charge is 0.422 e. The molecular formula is C66H38O10. The predicted molar refractivity (Wildman–Crippen MR) is 287 cm³/mol. The van der Waals surface area contributed by atoms with Gasteiger partial charge >= 0.3 is 35.8 Å². The maximum atomic E-state index is 14.0. The minimum absolute atomic E-state index is 0.00937. The van der Waals surface area contributed by atoms with Crippen molar-refractivity contribution in [1.29, 1.82) is 0 Å². The van der Waals surface area contributed by atoms with Crippen molar-refractivity contribution in [1.82, 2.24) is 0 Å². The fourth-order valence-electron chi connectivity index (χ4n) is 9.58. The molecule has 0 N–H and O–H groups in total. The molecule has 2 aliphatic rings.